The van der Waals surface area contributed by atoms with E-state index in [9.17, 15) is 13.2 Å². The van der Waals surface area contributed by atoms with Gasteiger partial charge in [0.25, 0.3) is 10.0 Å². The minimum atomic E-state index is -3.79. The normalized spacial score (nSPS) is 12.2. The summed E-state index contributed by atoms with van der Waals surface area (Å²) in [5, 5.41) is 8.29. The summed E-state index contributed by atoms with van der Waals surface area (Å²) in [5.74, 6) is -1.70. The molecule has 0 amide bonds. The highest BCUT2D eigenvalue weighted by Gasteiger charge is 2.20. The zero-order chi connectivity index (χ0) is 15.3. The first-order valence-corrected chi connectivity index (χ1v) is 7.75. The van der Waals surface area contributed by atoms with Crippen LogP contribution in [0.2, 0.25) is 0 Å². The third kappa shape index (κ3) is 4.62. The van der Waals surface area contributed by atoms with Gasteiger partial charge in [0.05, 0.1) is 0 Å². The molecule has 0 atom stereocenters. The molecule has 7 nitrogen and oxygen atoms in total. The maximum atomic E-state index is 11.8. The molecular weight excluding hydrogens is 284 g/mol. The van der Waals surface area contributed by atoms with E-state index in [4.69, 9.17) is 9.52 Å². The molecule has 0 bridgehead atoms. The Bertz CT molecular complexity index is 550. The Morgan fingerprint density at radius 2 is 2.10 bits per heavy atom. The van der Waals surface area contributed by atoms with Gasteiger partial charge in [-0.2, -0.15) is 0 Å². The third-order valence-corrected chi connectivity index (χ3v) is 4.25. The zero-order valence-electron chi connectivity index (χ0n) is 11.8. The number of carboxylic acid groups (broad SMARTS) is 1. The molecule has 0 aliphatic carbocycles. The lowest BCUT2D eigenvalue weighted by atomic mass is 10.3. The molecule has 1 rings (SSSR count). The van der Waals surface area contributed by atoms with Crippen molar-refractivity contribution in [3.63, 3.8) is 0 Å². The van der Waals surface area contributed by atoms with E-state index >= 15 is 0 Å². The van der Waals surface area contributed by atoms with Gasteiger partial charge in [0.15, 0.2) is 0 Å². The summed E-state index contributed by atoms with van der Waals surface area (Å²) in [4.78, 5) is 12.7. The Morgan fingerprint density at radius 1 is 1.45 bits per heavy atom. The average molecular weight is 304 g/mol. The number of hydrogen-bond donors (Lipinski definition) is 2. The lowest BCUT2D eigenvalue weighted by Gasteiger charge is -2.20. The molecule has 0 aliphatic heterocycles. The van der Waals surface area contributed by atoms with Crippen LogP contribution in [0.3, 0.4) is 0 Å². The summed E-state index contributed by atoms with van der Waals surface area (Å²) in [5.41, 5.74) is 0. The Kier molecular flexibility index (Phi) is 5.73. The maximum absolute atomic E-state index is 11.8. The molecular formula is C12H20N2O5S. The van der Waals surface area contributed by atoms with Crippen LogP contribution < -0.4 is 4.72 Å². The topological polar surface area (TPSA) is 99.9 Å². The maximum Gasteiger partial charge on any atom is 0.371 e. The predicted octanol–water partition coefficient (Wildman–Crippen LogP) is 0.986. The monoisotopic (exact) mass is 304 g/mol. The minimum absolute atomic E-state index is 0.266. The fraction of sp³-hybridized carbons (Fsp3) is 0.583. The van der Waals surface area contributed by atoms with Crippen molar-refractivity contribution in [2.75, 3.05) is 20.1 Å². The molecule has 1 aromatic heterocycles. The quantitative estimate of drug-likeness (QED) is 0.695. The molecule has 114 valence electrons. The van der Waals surface area contributed by atoms with Gasteiger partial charge in [0.1, 0.15) is 0 Å². The van der Waals surface area contributed by atoms with Gasteiger partial charge >= 0.3 is 5.97 Å². The predicted molar refractivity (Wildman–Crippen MR) is 73.2 cm³/mol. The molecule has 1 aromatic rings. The van der Waals surface area contributed by atoms with E-state index in [1.807, 2.05) is 7.05 Å². The van der Waals surface area contributed by atoms with Crippen LogP contribution in [0.4, 0.5) is 0 Å². The summed E-state index contributed by atoms with van der Waals surface area (Å²) < 4.78 is 30.8. The number of aromatic carboxylic acids is 1. The molecule has 0 unspecified atom stereocenters. The first-order chi connectivity index (χ1) is 9.24. The van der Waals surface area contributed by atoms with Crippen molar-refractivity contribution in [3.05, 3.63) is 17.9 Å². The Hall–Kier alpha value is -1.38. The summed E-state index contributed by atoms with van der Waals surface area (Å²) >= 11 is 0. The average Bonchev–Trinajstić information content (AvgIpc) is 2.84. The van der Waals surface area contributed by atoms with Crippen molar-refractivity contribution in [2.24, 2.45) is 0 Å². The molecule has 0 saturated heterocycles. The molecule has 0 spiro atoms. The fourth-order valence-corrected chi connectivity index (χ4v) is 2.45. The lowest BCUT2D eigenvalue weighted by Crippen LogP contribution is -2.31. The van der Waals surface area contributed by atoms with Gasteiger partial charge in [0.2, 0.25) is 10.9 Å². The van der Waals surface area contributed by atoms with Crippen molar-refractivity contribution in [1.29, 1.82) is 0 Å². The van der Waals surface area contributed by atoms with Gasteiger partial charge in [-0.25, -0.2) is 17.9 Å². The number of furan rings is 1. The van der Waals surface area contributed by atoms with Crippen molar-refractivity contribution in [1.82, 2.24) is 9.62 Å². The van der Waals surface area contributed by atoms with Crippen LogP contribution in [0, 0.1) is 0 Å². The molecule has 0 aromatic carbocycles. The van der Waals surface area contributed by atoms with Gasteiger partial charge in [-0.1, -0.05) is 0 Å². The largest absolute Gasteiger partial charge is 0.475 e. The molecule has 8 heteroatoms. The second-order valence-corrected chi connectivity index (χ2v) is 6.45. The standard InChI is InChI=1S/C12H20N2O5S/c1-9(2)14(3)8-4-7-13-20(17,18)11-6-5-10(19-11)12(15)16/h5-6,9,13H,4,7-8H2,1-3H3,(H,15,16). The highest BCUT2D eigenvalue weighted by molar-refractivity contribution is 7.89. The van der Waals surface area contributed by atoms with Crippen LogP contribution >= 0.6 is 0 Å². The number of carbonyl (C=O) groups is 1. The fourth-order valence-electron chi connectivity index (χ4n) is 1.44. The number of sulfonamides is 1. The highest BCUT2D eigenvalue weighted by Crippen LogP contribution is 2.13. The summed E-state index contributed by atoms with van der Waals surface area (Å²) in [6.45, 7) is 5.14. The van der Waals surface area contributed by atoms with E-state index in [0.717, 1.165) is 18.7 Å². The molecule has 0 fully saturated rings. The van der Waals surface area contributed by atoms with Gasteiger partial charge in [0, 0.05) is 12.6 Å². The number of hydrogen-bond acceptors (Lipinski definition) is 5. The van der Waals surface area contributed by atoms with Gasteiger partial charge < -0.3 is 14.4 Å². The van der Waals surface area contributed by atoms with Crippen LogP contribution in [0.1, 0.15) is 30.8 Å². The van der Waals surface area contributed by atoms with Crippen molar-refractivity contribution < 1.29 is 22.7 Å². The summed E-state index contributed by atoms with van der Waals surface area (Å²) in [6.07, 6.45) is 0.653. The van der Waals surface area contributed by atoms with Gasteiger partial charge in [-0.15, -0.1) is 0 Å². The van der Waals surface area contributed by atoms with Crippen molar-refractivity contribution in [3.8, 4) is 0 Å². The second kappa shape index (κ2) is 6.87. The van der Waals surface area contributed by atoms with Crippen molar-refractivity contribution >= 4 is 16.0 Å². The van der Waals surface area contributed by atoms with E-state index in [0.29, 0.717) is 12.5 Å². The smallest absolute Gasteiger partial charge is 0.371 e. The lowest BCUT2D eigenvalue weighted by molar-refractivity contribution is 0.0656. The van der Waals surface area contributed by atoms with Crippen molar-refractivity contribution in [2.45, 2.75) is 31.4 Å². The highest BCUT2D eigenvalue weighted by atomic mass is 32.2. The van der Waals surface area contributed by atoms with Gasteiger partial charge in [-0.05, 0) is 46.0 Å². The third-order valence-electron chi connectivity index (χ3n) is 2.92. The van der Waals surface area contributed by atoms with Crippen LogP contribution in [0.25, 0.3) is 0 Å². The summed E-state index contributed by atoms with van der Waals surface area (Å²) in [6, 6.07) is 2.64. The molecule has 0 radical (unpaired) electrons. The minimum Gasteiger partial charge on any atom is -0.475 e. The Morgan fingerprint density at radius 3 is 2.60 bits per heavy atom. The molecule has 20 heavy (non-hydrogen) atoms. The molecule has 2 N–H and O–H groups in total. The van der Waals surface area contributed by atoms with E-state index in [1.165, 1.54) is 0 Å². The first-order valence-electron chi connectivity index (χ1n) is 6.27. The number of nitrogens with zero attached hydrogens (tertiary/aromatic N) is 1. The second-order valence-electron chi connectivity index (χ2n) is 4.75. The van der Waals surface area contributed by atoms with E-state index in [2.05, 4.69) is 23.5 Å². The number of carboxylic acids is 1. The van der Waals surface area contributed by atoms with Crippen LogP contribution in [0.5, 0.6) is 0 Å². The Labute approximate surface area is 118 Å². The van der Waals surface area contributed by atoms with Crippen LogP contribution in [-0.2, 0) is 10.0 Å². The SMILES string of the molecule is CC(C)N(C)CCCNS(=O)(=O)c1ccc(C(=O)O)o1. The molecule has 1 heterocycles. The van der Waals surface area contributed by atoms with Crippen LogP contribution in [0.15, 0.2) is 21.6 Å². The zero-order valence-corrected chi connectivity index (χ0v) is 12.6. The molecule has 0 aliphatic rings. The van der Waals surface area contributed by atoms with Gasteiger partial charge in [-0.3, -0.25) is 0 Å². The number of nitrogens with one attached hydrogen (secondary N) is 1. The van der Waals surface area contributed by atoms with E-state index < -0.39 is 21.8 Å². The van der Waals surface area contributed by atoms with E-state index in [-0.39, 0.29) is 11.6 Å². The number of rotatable bonds is 8. The summed E-state index contributed by atoms with van der Waals surface area (Å²) in [7, 11) is -1.83. The van der Waals surface area contributed by atoms with Crippen LogP contribution in [-0.4, -0.2) is 50.6 Å². The first kappa shape index (κ1) is 16.7. The Balaban J connectivity index is 2.51. The van der Waals surface area contributed by atoms with E-state index in [1.54, 1.807) is 0 Å². The molecule has 0 saturated carbocycles.